The third kappa shape index (κ3) is 3.79. The van der Waals surface area contributed by atoms with Crippen molar-refractivity contribution < 1.29 is 14.3 Å². The van der Waals surface area contributed by atoms with E-state index < -0.39 is 0 Å². The van der Waals surface area contributed by atoms with Gasteiger partial charge in [-0.1, -0.05) is 18.7 Å². The Bertz CT molecular complexity index is 433. The van der Waals surface area contributed by atoms with Crippen molar-refractivity contribution in [2.24, 2.45) is 0 Å². The molecule has 0 atom stereocenters. The lowest BCUT2D eigenvalue weighted by Gasteiger charge is -2.09. The van der Waals surface area contributed by atoms with Crippen molar-refractivity contribution in [1.82, 2.24) is 0 Å². The fraction of sp³-hybridized carbons (Fsp3) is 0.214. The summed E-state index contributed by atoms with van der Waals surface area (Å²) in [6, 6.07) is 5.51. The van der Waals surface area contributed by atoms with Crippen LogP contribution in [0.15, 0.2) is 36.4 Å². The second kappa shape index (κ2) is 6.53. The Morgan fingerprint density at radius 2 is 2.18 bits per heavy atom. The molecule has 17 heavy (non-hydrogen) atoms. The molecule has 0 aliphatic heterocycles. The van der Waals surface area contributed by atoms with Crippen LogP contribution < -0.4 is 9.47 Å². The van der Waals surface area contributed by atoms with Crippen molar-refractivity contribution in [3.05, 3.63) is 42.0 Å². The SMILES string of the molecule is C=CCOc1ccc(C=C(C)C=O)cc1OC. The summed E-state index contributed by atoms with van der Waals surface area (Å²) < 4.78 is 10.7. The van der Waals surface area contributed by atoms with Crippen molar-refractivity contribution in [1.29, 1.82) is 0 Å². The number of methoxy groups -OCH3 is 1. The zero-order valence-electron chi connectivity index (χ0n) is 10.1. The molecule has 0 spiro atoms. The summed E-state index contributed by atoms with van der Waals surface area (Å²) in [5.74, 6) is 1.30. The van der Waals surface area contributed by atoms with E-state index in [1.165, 1.54) is 0 Å². The van der Waals surface area contributed by atoms with Gasteiger partial charge in [-0.15, -0.1) is 0 Å². The van der Waals surface area contributed by atoms with Crippen LogP contribution in [0.1, 0.15) is 12.5 Å². The molecule has 0 radical (unpaired) electrons. The number of carbonyl (C=O) groups is 1. The Kier molecular flexibility index (Phi) is 5.01. The molecule has 0 N–H and O–H groups in total. The molecule has 1 rings (SSSR count). The molecule has 1 aromatic carbocycles. The lowest BCUT2D eigenvalue weighted by atomic mass is 10.1. The van der Waals surface area contributed by atoms with Crippen molar-refractivity contribution in [2.45, 2.75) is 6.92 Å². The molecule has 0 aliphatic rings. The van der Waals surface area contributed by atoms with Crippen LogP contribution in [0.25, 0.3) is 6.08 Å². The molecule has 0 saturated carbocycles. The van der Waals surface area contributed by atoms with Crippen LogP contribution in [0, 0.1) is 0 Å². The minimum atomic E-state index is 0.429. The molecular formula is C14H16O3. The second-order valence-electron chi connectivity index (χ2n) is 3.52. The average molecular weight is 232 g/mol. The topological polar surface area (TPSA) is 35.5 Å². The third-order valence-corrected chi connectivity index (χ3v) is 2.12. The van der Waals surface area contributed by atoms with Gasteiger partial charge >= 0.3 is 0 Å². The number of rotatable bonds is 6. The number of hydrogen-bond acceptors (Lipinski definition) is 3. The van der Waals surface area contributed by atoms with Gasteiger partial charge < -0.3 is 9.47 Å². The highest BCUT2D eigenvalue weighted by Crippen LogP contribution is 2.28. The van der Waals surface area contributed by atoms with Gasteiger partial charge in [-0.25, -0.2) is 0 Å². The van der Waals surface area contributed by atoms with Crippen molar-refractivity contribution in [3.63, 3.8) is 0 Å². The van der Waals surface area contributed by atoms with Gasteiger partial charge in [0.15, 0.2) is 11.5 Å². The summed E-state index contributed by atoms with van der Waals surface area (Å²) in [6.45, 7) is 5.77. The molecule has 0 unspecified atom stereocenters. The van der Waals surface area contributed by atoms with Crippen molar-refractivity contribution in [2.75, 3.05) is 13.7 Å². The van der Waals surface area contributed by atoms with Crippen LogP contribution in [0.4, 0.5) is 0 Å². The first-order valence-electron chi connectivity index (χ1n) is 5.26. The number of hydrogen-bond donors (Lipinski definition) is 0. The third-order valence-electron chi connectivity index (χ3n) is 2.12. The van der Waals surface area contributed by atoms with E-state index >= 15 is 0 Å². The largest absolute Gasteiger partial charge is 0.493 e. The standard InChI is InChI=1S/C14H16O3/c1-4-7-17-13-6-5-12(8-11(2)10-15)9-14(13)16-3/h4-6,8-10H,1,7H2,2-3H3. The number of aldehydes is 1. The Hall–Kier alpha value is -2.03. The molecule has 0 aliphatic carbocycles. The van der Waals surface area contributed by atoms with E-state index in [0.717, 1.165) is 11.8 Å². The lowest BCUT2D eigenvalue weighted by Crippen LogP contribution is -1.96. The minimum Gasteiger partial charge on any atom is -0.493 e. The second-order valence-corrected chi connectivity index (χ2v) is 3.52. The number of benzene rings is 1. The highest BCUT2D eigenvalue weighted by molar-refractivity contribution is 5.81. The van der Waals surface area contributed by atoms with Crippen LogP contribution in [-0.4, -0.2) is 20.0 Å². The number of ether oxygens (including phenoxy) is 2. The summed E-state index contributed by atoms with van der Waals surface area (Å²) in [6.07, 6.45) is 4.27. The van der Waals surface area contributed by atoms with E-state index in [9.17, 15) is 4.79 Å². The van der Waals surface area contributed by atoms with Gasteiger partial charge in [0.25, 0.3) is 0 Å². The Labute approximate surface area is 101 Å². The van der Waals surface area contributed by atoms with E-state index in [2.05, 4.69) is 6.58 Å². The quantitative estimate of drug-likeness (QED) is 0.430. The Morgan fingerprint density at radius 3 is 2.76 bits per heavy atom. The van der Waals surface area contributed by atoms with E-state index in [4.69, 9.17) is 9.47 Å². The van der Waals surface area contributed by atoms with Crippen molar-refractivity contribution in [3.8, 4) is 11.5 Å². The molecule has 3 nitrogen and oxygen atoms in total. The smallest absolute Gasteiger partial charge is 0.161 e. The fourth-order valence-electron chi connectivity index (χ4n) is 1.34. The first-order valence-corrected chi connectivity index (χ1v) is 5.26. The van der Waals surface area contributed by atoms with Gasteiger partial charge in [0.05, 0.1) is 7.11 Å². The molecular weight excluding hydrogens is 216 g/mol. The van der Waals surface area contributed by atoms with E-state index in [1.807, 2.05) is 18.2 Å². The fourth-order valence-corrected chi connectivity index (χ4v) is 1.34. The van der Waals surface area contributed by atoms with Gasteiger partial charge in [0, 0.05) is 0 Å². The first kappa shape index (κ1) is 13.0. The molecule has 0 aromatic heterocycles. The molecule has 90 valence electrons. The first-order chi connectivity index (χ1) is 8.21. The van der Waals surface area contributed by atoms with Gasteiger partial charge in [-0.3, -0.25) is 4.79 Å². The van der Waals surface area contributed by atoms with Crippen LogP contribution in [0.2, 0.25) is 0 Å². The molecule has 1 aromatic rings. The summed E-state index contributed by atoms with van der Waals surface area (Å²) in [4.78, 5) is 10.5. The van der Waals surface area contributed by atoms with E-state index in [0.29, 0.717) is 23.7 Å². The monoisotopic (exact) mass is 232 g/mol. The van der Waals surface area contributed by atoms with Crippen LogP contribution in [0.3, 0.4) is 0 Å². The van der Waals surface area contributed by atoms with Crippen LogP contribution >= 0.6 is 0 Å². The normalized spacial score (nSPS) is 10.8. The highest BCUT2D eigenvalue weighted by Gasteiger charge is 2.04. The summed E-state index contributed by atoms with van der Waals surface area (Å²) in [5.41, 5.74) is 1.56. The Balaban J connectivity index is 2.99. The molecule has 0 amide bonds. The number of allylic oxidation sites excluding steroid dienone is 1. The van der Waals surface area contributed by atoms with E-state index in [-0.39, 0.29) is 0 Å². The summed E-state index contributed by atoms with van der Waals surface area (Å²) in [7, 11) is 1.58. The van der Waals surface area contributed by atoms with Gasteiger partial charge in [0.1, 0.15) is 12.9 Å². The molecule has 0 bridgehead atoms. The lowest BCUT2D eigenvalue weighted by molar-refractivity contribution is -0.104. The summed E-state index contributed by atoms with van der Waals surface area (Å²) >= 11 is 0. The predicted molar refractivity (Wildman–Crippen MR) is 68.4 cm³/mol. The van der Waals surface area contributed by atoms with Crippen LogP contribution in [-0.2, 0) is 4.79 Å². The van der Waals surface area contributed by atoms with Gasteiger partial charge in [0.2, 0.25) is 0 Å². The maximum atomic E-state index is 10.5. The molecule has 0 fully saturated rings. The van der Waals surface area contributed by atoms with Crippen molar-refractivity contribution >= 4 is 12.4 Å². The average Bonchev–Trinajstić information content (AvgIpc) is 2.36. The zero-order valence-corrected chi connectivity index (χ0v) is 10.1. The predicted octanol–water partition coefficient (Wildman–Crippen LogP) is 2.86. The summed E-state index contributed by atoms with van der Waals surface area (Å²) in [5, 5.41) is 0. The minimum absolute atomic E-state index is 0.429. The van der Waals surface area contributed by atoms with E-state index in [1.54, 1.807) is 26.2 Å². The van der Waals surface area contributed by atoms with Crippen LogP contribution in [0.5, 0.6) is 11.5 Å². The highest BCUT2D eigenvalue weighted by atomic mass is 16.5. The molecule has 0 heterocycles. The maximum absolute atomic E-state index is 10.5. The number of carbonyl (C=O) groups excluding carboxylic acids is 1. The van der Waals surface area contributed by atoms with Gasteiger partial charge in [-0.05, 0) is 36.3 Å². The van der Waals surface area contributed by atoms with Gasteiger partial charge in [-0.2, -0.15) is 0 Å². The molecule has 0 saturated heterocycles. The zero-order chi connectivity index (χ0) is 12.7. The Morgan fingerprint density at radius 1 is 1.41 bits per heavy atom. The molecule has 3 heteroatoms. The maximum Gasteiger partial charge on any atom is 0.161 e.